The van der Waals surface area contributed by atoms with Gasteiger partial charge in [0.25, 0.3) is 5.91 Å². The molecule has 1 N–H and O–H groups in total. The van der Waals surface area contributed by atoms with E-state index < -0.39 is 5.92 Å². The van der Waals surface area contributed by atoms with E-state index in [-0.39, 0.29) is 17.7 Å². The maximum atomic E-state index is 13.3. The number of hydrogen-bond acceptors (Lipinski definition) is 6. The Morgan fingerprint density at radius 1 is 0.970 bits per heavy atom. The molecule has 8 nitrogen and oxygen atoms in total. The van der Waals surface area contributed by atoms with Crippen molar-refractivity contribution < 1.29 is 28.5 Å². The number of benzene rings is 2. The lowest BCUT2D eigenvalue weighted by Gasteiger charge is -2.21. The van der Waals surface area contributed by atoms with E-state index in [1.807, 2.05) is 19.1 Å². The number of methoxy groups -OCH3 is 4. The molecular formula is C25H32N2O6. The monoisotopic (exact) mass is 456 g/mol. The predicted octanol–water partition coefficient (Wildman–Crippen LogP) is 3.10. The van der Waals surface area contributed by atoms with E-state index in [0.717, 1.165) is 12.0 Å². The molecule has 0 aliphatic carbocycles. The average molecular weight is 457 g/mol. The summed E-state index contributed by atoms with van der Waals surface area (Å²) in [4.78, 5) is 28.1. The van der Waals surface area contributed by atoms with Crippen LogP contribution in [0.15, 0.2) is 36.4 Å². The van der Waals surface area contributed by atoms with Crippen molar-refractivity contribution in [3.63, 3.8) is 0 Å². The van der Waals surface area contributed by atoms with Crippen molar-refractivity contribution in [3.8, 4) is 23.0 Å². The molecule has 178 valence electrons. The van der Waals surface area contributed by atoms with E-state index in [2.05, 4.69) is 5.32 Å². The molecule has 0 bridgehead atoms. The highest BCUT2D eigenvalue weighted by Crippen LogP contribution is 2.43. The Balaban J connectivity index is 1.97. The minimum Gasteiger partial charge on any atom is -0.497 e. The van der Waals surface area contributed by atoms with Gasteiger partial charge in [0.05, 0.1) is 34.4 Å². The van der Waals surface area contributed by atoms with Crippen LogP contribution in [-0.2, 0) is 4.79 Å². The summed E-state index contributed by atoms with van der Waals surface area (Å²) in [5.74, 6) is 1.26. The van der Waals surface area contributed by atoms with E-state index in [4.69, 9.17) is 18.9 Å². The van der Waals surface area contributed by atoms with E-state index in [9.17, 15) is 9.59 Å². The van der Waals surface area contributed by atoms with E-state index >= 15 is 0 Å². The van der Waals surface area contributed by atoms with Crippen molar-refractivity contribution in [2.24, 2.45) is 5.92 Å². The van der Waals surface area contributed by atoms with Crippen molar-refractivity contribution in [3.05, 3.63) is 47.5 Å². The van der Waals surface area contributed by atoms with Gasteiger partial charge >= 0.3 is 0 Å². The van der Waals surface area contributed by atoms with Crippen LogP contribution in [-0.4, -0.2) is 64.8 Å². The van der Waals surface area contributed by atoms with Crippen molar-refractivity contribution in [1.82, 2.24) is 10.2 Å². The highest BCUT2D eigenvalue weighted by Gasteiger charge is 2.41. The van der Waals surface area contributed by atoms with Gasteiger partial charge < -0.3 is 29.2 Å². The van der Waals surface area contributed by atoms with Crippen molar-refractivity contribution in [2.45, 2.75) is 19.3 Å². The molecule has 0 radical (unpaired) electrons. The molecule has 0 saturated carbocycles. The first-order valence-electron chi connectivity index (χ1n) is 11.0. The first kappa shape index (κ1) is 24.2. The summed E-state index contributed by atoms with van der Waals surface area (Å²) in [6.07, 6.45) is 0.833. The second-order valence-corrected chi connectivity index (χ2v) is 7.90. The molecule has 2 aromatic carbocycles. The van der Waals surface area contributed by atoms with Crippen LogP contribution in [0.25, 0.3) is 0 Å². The third-order valence-corrected chi connectivity index (χ3v) is 5.92. The maximum absolute atomic E-state index is 13.3. The van der Waals surface area contributed by atoms with Crippen LogP contribution in [0.2, 0.25) is 0 Å². The number of hydrogen-bond donors (Lipinski definition) is 1. The minimum absolute atomic E-state index is 0.0726. The molecular weight excluding hydrogens is 424 g/mol. The summed E-state index contributed by atoms with van der Waals surface area (Å²) in [5.41, 5.74) is 1.37. The normalized spacial score (nSPS) is 17.4. The second-order valence-electron chi connectivity index (χ2n) is 7.90. The van der Waals surface area contributed by atoms with E-state index in [1.54, 1.807) is 57.6 Å². The summed E-state index contributed by atoms with van der Waals surface area (Å²) in [5, 5.41) is 2.99. The zero-order valence-corrected chi connectivity index (χ0v) is 19.8. The smallest absolute Gasteiger partial charge is 0.254 e. The molecule has 1 aliphatic heterocycles. The van der Waals surface area contributed by atoms with Crippen LogP contribution in [0.3, 0.4) is 0 Å². The highest BCUT2D eigenvalue weighted by atomic mass is 16.5. The fourth-order valence-electron chi connectivity index (χ4n) is 4.21. The van der Waals surface area contributed by atoms with Crippen LogP contribution in [0.4, 0.5) is 0 Å². The molecule has 1 aliphatic rings. The van der Waals surface area contributed by atoms with Crippen LogP contribution in [0, 0.1) is 5.92 Å². The maximum Gasteiger partial charge on any atom is 0.254 e. The molecule has 3 rings (SSSR count). The quantitative estimate of drug-likeness (QED) is 0.624. The largest absolute Gasteiger partial charge is 0.497 e. The van der Waals surface area contributed by atoms with Gasteiger partial charge in [-0.1, -0.05) is 13.0 Å². The summed E-state index contributed by atoms with van der Waals surface area (Å²) in [7, 11) is 6.22. The van der Waals surface area contributed by atoms with Gasteiger partial charge in [-0.3, -0.25) is 9.59 Å². The van der Waals surface area contributed by atoms with Gasteiger partial charge in [0, 0.05) is 31.1 Å². The zero-order valence-electron chi connectivity index (χ0n) is 19.8. The molecule has 0 unspecified atom stereocenters. The Bertz CT molecular complexity index is 968. The van der Waals surface area contributed by atoms with Gasteiger partial charge in [-0.2, -0.15) is 0 Å². The van der Waals surface area contributed by atoms with Gasteiger partial charge in [-0.05, 0) is 42.3 Å². The van der Waals surface area contributed by atoms with E-state index in [0.29, 0.717) is 48.2 Å². The molecule has 2 amide bonds. The minimum atomic E-state index is -0.408. The fourth-order valence-corrected chi connectivity index (χ4v) is 4.21. The average Bonchev–Trinajstić information content (AvgIpc) is 3.31. The number of ether oxygens (including phenoxy) is 4. The van der Waals surface area contributed by atoms with Crippen molar-refractivity contribution >= 4 is 11.8 Å². The second kappa shape index (κ2) is 10.9. The Kier molecular flexibility index (Phi) is 8.03. The molecule has 33 heavy (non-hydrogen) atoms. The van der Waals surface area contributed by atoms with Crippen molar-refractivity contribution in [1.29, 1.82) is 0 Å². The van der Waals surface area contributed by atoms with Gasteiger partial charge in [-0.25, -0.2) is 0 Å². The predicted molar refractivity (Wildman–Crippen MR) is 125 cm³/mol. The lowest BCUT2D eigenvalue weighted by Crippen LogP contribution is -2.36. The van der Waals surface area contributed by atoms with Crippen LogP contribution >= 0.6 is 0 Å². The standard InChI is InChI=1S/C25H32N2O6/c1-6-10-26-24(28)20-15-27(25(29)16-8-7-9-18(11-16)30-2)14-19(20)17-12-21(31-3)23(33-5)22(13-17)32-4/h7-9,11-13,19-20H,6,10,14-15H2,1-5H3,(H,26,28)/t19-,20+/m1/s1. The number of amides is 2. The number of carbonyl (C=O) groups is 2. The molecule has 1 heterocycles. The number of nitrogens with one attached hydrogen (secondary N) is 1. The van der Waals surface area contributed by atoms with Crippen LogP contribution in [0.5, 0.6) is 23.0 Å². The molecule has 1 fully saturated rings. The third-order valence-electron chi connectivity index (χ3n) is 5.92. The Morgan fingerprint density at radius 3 is 2.24 bits per heavy atom. The molecule has 2 atom stereocenters. The lowest BCUT2D eigenvalue weighted by molar-refractivity contribution is -0.124. The fraction of sp³-hybridized carbons (Fsp3) is 0.440. The SMILES string of the molecule is CCCNC(=O)[C@H]1CN(C(=O)c2cccc(OC)c2)C[C@@H]1c1cc(OC)c(OC)c(OC)c1. The van der Waals surface area contributed by atoms with Gasteiger partial charge in [-0.15, -0.1) is 0 Å². The summed E-state index contributed by atoms with van der Waals surface area (Å²) >= 11 is 0. The first-order valence-corrected chi connectivity index (χ1v) is 11.0. The first-order chi connectivity index (χ1) is 16.0. The number of carbonyl (C=O) groups excluding carboxylic acids is 2. The Morgan fingerprint density at radius 2 is 1.67 bits per heavy atom. The van der Waals surface area contributed by atoms with Gasteiger partial charge in [0.15, 0.2) is 11.5 Å². The van der Waals surface area contributed by atoms with Crippen LogP contribution in [0.1, 0.15) is 35.2 Å². The molecule has 0 spiro atoms. The lowest BCUT2D eigenvalue weighted by atomic mass is 9.88. The van der Waals surface area contributed by atoms with Gasteiger partial charge in [0.2, 0.25) is 11.7 Å². The van der Waals surface area contributed by atoms with E-state index in [1.165, 1.54) is 0 Å². The summed E-state index contributed by atoms with van der Waals surface area (Å²) < 4.78 is 21.7. The summed E-state index contributed by atoms with van der Waals surface area (Å²) in [6.45, 7) is 3.29. The molecule has 8 heteroatoms. The highest BCUT2D eigenvalue weighted by molar-refractivity contribution is 5.95. The van der Waals surface area contributed by atoms with Gasteiger partial charge in [0.1, 0.15) is 5.75 Å². The third kappa shape index (κ3) is 5.16. The number of rotatable bonds is 9. The Hall–Kier alpha value is -3.42. The zero-order chi connectivity index (χ0) is 24.0. The van der Waals surface area contributed by atoms with Crippen LogP contribution < -0.4 is 24.3 Å². The number of likely N-dealkylation sites (tertiary alicyclic amines) is 1. The topological polar surface area (TPSA) is 86.3 Å². The molecule has 2 aromatic rings. The molecule has 1 saturated heterocycles. The van der Waals surface area contributed by atoms with Crippen molar-refractivity contribution in [2.75, 3.05) is 48.1 Å². The molecule has 0 aromatic heterocycles. The number of nitrogens with zero attached hydrogens (tertiary/aromatic N) is 1. The Labute approximate surface area is 194 Å². The summed E-state index contributed by atoms with van der Waals surface area (Å²) in [6, 6.07) is 10.7.